The number of rotatable bonds is 10. The smallest absolute Gasteiger partial charge is 0.244 e. The Kier molecular flexibility index (Phi) is 11.0. The van der Waals surface area contributed by atoms with E-state index in [-0.39, 0.29) is 28.7 Å². The maximum Gasteiger partial charge on any atom is 0.244 e. The van der Waals surface area contributed by atoms with Crippen LogP contribution in [0.2, 0.25) is 20.1 Å². The van der Waals surface area contributed by atoms with Gasteiger partial charge < -0.3 is 10.2 Å². The highest BCUT2D eigenvalue weighted by molar-refractivity contribution is 7.92. The quantitative estimate of drug-likeness (QED) is 0.265. The minimum absolute atomic E-state index is 0.104. The first kappa shape index (κ1) is 33.0. The van der Waals surface area contributed by atoms with Crippen LogP contribution in [-0.4, -0.2) is 49.5 Å². The van der Waals surface area contributed by atoms with Crippen molar-refractivity contribution in [1.29, 1.82) is 0 Å². The maximum atomic E-state index is 14.2. The molecule has 1 unspecified atom stereocenters. The molecule has 0 spiro atoms. The van der Waals surface area contributed by atoms with Gasteiger partial charge in [0.2, 0.25) is 21.8 Å². The van der Waals surface area contributed by atoms with E-state index in [1.165, 1.54) is 23.1 Å². The van der Waals surface area contributed by atoms with Crippen LogP contribution < -0.4 is 9.62 Å². The third kappa shape index (κ3) is 9.51. The molecule has 12 heteroatoms. The second-order valence-electron chi connectivity index (χ2n) is 10.6. The predicted molar refractivity (Wildman–Crippen MR) is 167 cm³/mol. The van der Waals surface area contributed by atoms with Crippen LogP contribution in [0.5, 0.6) is 0 Å². The molecular weight excluding hydrogens is 628 g/mol. The molecule has 0 aliphatic carbocycles. The van der Waals surface area contributed by atoms with Gasteiger partial charge >= 0.3 is 0 Å². The van der Waals surface area contributed by atoms with E-state index in [1.807, 2.05) is 51.1 Å². The third-order valence-corrected chi connectivity index (χ3v) is 8.26. The summed E-state index contributed by atoms with van der Waals surface area (Å²) in [5, 5.41) is 3.94. The Bertz CT molecular complexity index is 1470. The SMILES string of the molecule is CC(C)(C)NC(=O)C(Cc1ccccc1)N(Cc1c(Cl)cccc1Cl)C(=O)CN(c1cc(Cl)cc(Cl)c1)S(C)(=O)=O. The molecule has 0 fully saturated rings. The number of anilines is 1. The molecule has 1 N–H and O–H groups in total. The molecule has 0 radical (unpaired) electrons. The average molecular weight is 659 g/mol. The standard InChI is InChI=1S/C29H31Cl4N3O4S/c1-29(2,3)34-28(38)26(13-19-9-6-5-7-10-19)35(17-23-24(32)11-8-12-25(23)33)27(37)18-36(41(4,39)40)22-15-20(30)14-21(31)16-22/h5-12,14-16,26H,13,17-18H2,1-4H3,(H,34,38). The number of benzene rings is 3. The number of hydrogen-bond donors (Lipinski definition) is 1. The minimum atomic E-state index is -3.99. The van der Waals surface area contributed by atoms with Gasteiger partial charge in [-0.05, 0) is 56.7 Å². The van der Waals surface area contributed by atoms with Crippen LogP contribution in [0.4, 0.5) is 5.69 Å². The summed E-state index contributed by atoms with van der Waals surface area (Å²) in [6.07, 6.45) is 1.12. The Morgan fingerprint density at radius 3 is 1.95 bits per heavy atom. The van der Waals surface area contributed by atoms with E-state index in [0.29, 0.717) is 15.6 Å². The highest BCUT2D eigenvalue weighted by atomic mass is 35.5. The van der Waals surface area contributed by atoms with Gasteiger partial charge in [-0.15, -0.1) is 0 Å². The monoisotopic (exact) mass is 657 g/mol. The zero-order valence-corrected chi connectivity index (χ0v) is 26.8. The van der Waals surface area contributed by atoms with Crippen molar-refractivity contribution in [2.24, 2.45) is 0 Å². The van der Waals surface area contributed by atoms with E-state index in [4.69, 9.17) is 46.4 Å². The largest absolute Gasteiger partial charge is 0.350 e. The van der Waals surface area contributed by atoms with Crippen molar-refractivity contribution in [2.75, 3.05) is 17.1 Å². The highest BCUT2D eigenvalue weighted by Crippen LogP contribution is 2.30. The molecule has 0 aromatic heterocycles. The van der Waals surface area contributed by atoms with Gasteiger partial charge in [-0.1, -0.05) is 82.8 Å². The summed E-state index contributed by atoms with van der Waals surface area (Å²) < 4.78 is 26.7. The van der Waals surface area contributed by atoms with Crippen LogP contribution >= 0.6 is 46.4 Å². The summed E-state index contributed by atoms with van der Waals surface area (Å²) in [5.41, 5.74) is 0.709. The fourth-order valence-corrected chi connectivity index (χ4v) is 6.02. The third-order valence-electron chi connectivity index (χ3n) is 5.97. The zero-order chi connectivity index (χ0) is 30.5. The zero-order valence-electron chi connectivity index (χ0n) is 23.0. The summed E-state index contributed by atoms with van der Waals surface area (Å²) in [7, 11) is -3.99. The fraction of sp³-hybridized carbons (Fsp3) is 0.310. The Morgan fingerprint density at radius 2 is 1.44 bits per heavy atom. The average Bonchev–Trinajstić information content (AvgIpc) is 2.84. The Labute approximate surface area is 261 Å². The number of hydrogen-bond acceptors (Lipinski definition) is 4. The number of nitrogens with one attached hydrogen (secondary N) is 1. The van der Waals surface area contributed by atoms with Gasteiger partial charge in [0.1, 0.15) is 12.6 Å². The fourth-order valence-electron chi connectivity index (χ4n) is 4.16. The molecule has 0 saturated carbocycles. The van der Waals surface area contributed by atoms with Gasteiger partial charge in [0, 0.05) is 44.2 Å². The Hall–Kier alpha value is -2.49. The number of sulfonamides is 1. The molecule has 0 aliphatic heterocycles. The van der Waals surface area contributed by atoms with Crippen LogP contribution in [0.1, 0.15) is 31.9 Å². The first-order chi connectivity index (χ1) is 19.0. The second kappa shape index (κ2) is 13.7. The van der Waals surface area contributed by atoms with Crippen LogP contribution in [0.15, 0.2) is 66.7 Å². The van der Waals surface area contributed by atoms with Crippen molar-refractivity contribution in [1.82, 2.24) is 10.2 Å². The molecule has 2 amide bonds. The first-order valence-corrected chi connectivity index (χ1v) is 15.9. The molecule has 1 atom stereocenters. The Morgan fingerprint density at radius 1 is 0.878 bits per heavy atom. The first-order valence-electron chi connectivity index (χ1n) is 12.6. The lowest BCUT2D eigenvalue weighted by Gasteiger charge is -2.35. The predicted octanol–water partition coefficient (Wildman–Crippen LogP) is 6.62. The highest BCUT2D eigenvalue weighted by Gasteiger charge is 2.35. The van der Waals surface area contributed by atoms with Gasteiger partial charge in [0.25, 0.3) is 0 Å². The van der Waals surface area contributed by atoms with E-state index in [9.17, 15) is 18.0 Å². The Balaban J connectivity index is 2.14. The van der Waals surface area contributed by atoms with E-state index < -0.39 is 40.0 Å². The van der Waals surface area contributed by atoms with Crippen LogP contribution in [0.3, 0.4) is 0 Å². The normalized spacial score (nSPS) is 12.5. The topological polar surface area (TPSA) is 86.8 Å². The minimum Gasteiger partial charge on any atom is -0.350 e. The van der Waals surface area contributed by atoms with Gasteiger partial charge in [-0.3, -0.25) is 13.9 Å². The van der Waals surface area contributed by atoms with Gasteiger partial charge in [-0.2, -0.15) is 0 Å². The molecule has 0 saturated heterocycles. The van der Waals surface area contributed by atoms with Crippen LogP contribution in [-0.2, 0) is 32.6 Å². The molecule has 0 bridgehead atoms. The summed E-state index contributed by atoms with van der Waals surface area (Å²) in [5.74, 6) is -1.08. The molecule has 3 aromatic carbocycles. The number of carbonyl (C=O) groups excluding carboxylic acids is 2. The second-order valence-corrected chi connectivity index (χ2v) is 14.2. The van der Waals surface area contributed by atoms with Crippen molar-refractivity contribution < 1.29 is 18.0 Å². The van der Waals surface area contributed by atoms with E-state index in [0.717, 1.165) is 16.1 Å². The van der Waals surface area contributed by atoms with Crippen LogP contribution in [0.25, 0.3) is 0 Å². The van der Waals surface area contributed by atoms with Gasteiger partial charge in [0.15, 0.2) is 0 Å². The van der Waals surface area contributed by atoms with Crippen molar-refractivity contribution in [3.8, 4) is 0 Å². The van der Waals surface area contributed by atoms with Gasteiger partial charge in [0.05, 0.1) is 11.9 Å². The molecular formula is C29H31Cl4N3O4S. The number of halogens is 4. The summed E-state index contributed by atoms with van der Waals surface area (Å²) in [6.45, 7) is 4.70. The lowest BCUT2D eigenvalue weighted by molar-refractivity contribution is -0.140. The van der Waals surface area contributed by atoms with Gasteiger partial charge in [-0.25, -0.2) is 8.42 Å². The molecule has 220 valence electrons. The number of nitrogens with zero attached hydrogens (tertiary/aromatic N) is 2. The van der Waals surface area contributed by atoms with Crippen LogP contribution in [0, 0.1) is 0 Å². The molecule has 0 aliphatic rings. The van der Waals surface area contributed by atoms with E-state index in [2.05, 4.69) is 5.32 Å². The molecule has 3 aromatic rings. The maximum absolute atomic E-state index is 14.2. The van der Waals surface area contributed by atoms with Crippen molar-refractivity contribution in [3.05, 3.63) is 97.9 Å². The molecule has 7 nitrogen and oxygen atoms in total. The summed E-state index contributed by atoms with van der Waals surface area (Å²) in [6, 6.07) is 17.3. The van der Waals surface area contributed by atoms with E-state index >= 15 is 0 Å². The molecule has 3 rings (SSSR count). The van der Waals surface area contributed by atoms with Crippen molar-refractivity contribution in [3.63, 3.8) is 0 Å². The summed E-state index contributed by atoms with van der Waals surface area (Å²) >= 11 is 25.3. The number of amides is 2. The summed E-state index contributed by atoms with van der Waals surface area (Å²) in [4.78, 5) is 29.2. The molecule has 0 heterocycles. The lowest BCUT2D eigenvalue weighted by Crippen LogP contribution is -2.56. The van der Waals surface area contributed by atoms with Crippen molar-refractivity contribution in [2.45, 2.75) is 45.3 Å². The van der Waals surface area contributed by atoms with E-state index in [1.54, 1.807) is 18.2 Å². The lowest BCUT2D eigenvalue weighted by atomic mass is 10.0. The van der Waals surface area contributed by atoms with Crippen molar-refractivity contribution >= 4 is 73.9 Å². The molecule has 41 heavy (non-hydrogen) atoms. The number of carbonyl (C=O) groups is 2.